The molecule has 0 amide bonds. The second-order valence-electron chi connectivity index (χ2n) is 3.49. The molecule has 0 radical (unpaired) electrons. The lowest BCUT2D eigenvalue weighted by atomic mass is 10.2. The van der Waals surface area contributed by atoms with E-state index in [0.29, 0.717) is 17.9 Å². The minimum atomic E-state index is -0.703. The van der Waals surface area contributed by atoms with Crippen molar-refractivity contribution in [1.82, 2.24) is 4.98 Å². The summed E-state index contributed by atoms with van der Waals surface area (Å²) in [6.07, 6.45) is 1.10. The molecule has 1 aromatic rings. The zero-order chi connectivity index (χ0) is 12.0. The van der Waals surface area contributed by atoms with Gasteiger partial charge in [-0.15, -0.1) is 11.8 Å². The van der Waals surface area contributed by atoms with Crippen molar-refractivity contribution in [1.29, 1.82) is 0 Å². The van der Waals surface area contributed by atoms with Gasteiger partial charge in [-0.05, 0) is 18.6 Å². The van der Waals surface area contributed by atoms with Gasteiger partial charge < -0.3 is 15.3 Å². The van der Waals surface area contributed by atoms with E-state index in [9.17, 15) is 5.11 Å². The first-order chi connectivity index (χ1) is 7.67. The van der Waals surface area contributed by atoms with Crippen molar-refractivity contribution in [3.8, 4) is 0 Å². The van der Waals surface area contributed by atoms with Gasteiger partial charge in [0.15, 0.2) is 0 Å². The Hall–Kier alpha value is -0.620. The molecule has 0 spiro atoms. The second-order valence-corrected chi connectivity index (χ2v) is 4.58. The van der Waals surface area contributed by atoms with Gasteiger partial charge in [0.2, 0.25) is 0 Å². The average molecular weight is 243 g/mol. The van der Waals surface area contributed by atoms with E-state index in [2.05, 4.69) is 4.98 Å². The molecule has 0 aliphatic rings. The van der Waals surface area contributed by atoms with E-state index >= 15 is 0 Å². The molecule has 2 unspecified atom stereocenters. The molecule has 5 heteroatoms. The zero-order valence-corrected chi connectivity index (χ0v) is 10.0. The van der Waals surface area contributed by atoms with Crippen LogP contribution >= 0.6 is 11.8 Å². The number of thioether (sulfide) groups is 1. The van der Waals surface area contributed by atoms with Crippen LogP contribution in [-0.2, 0) is 0 Å². The van der Waals surface area contributed by atoms with Gasteiger partial charge >= 0.3 is 0 Å². The summed E-state index contributed by atoms with van der Waals surface area (Å²) in [6.45, 7) is 1.67. The number of pyridine rings is 1. The lowest BCUT2D eigenvalue weighted by Crippen LogP contribution is -2.14. The largest absolute Gasteiger partial charge is 0.394 e. The van der Waals surface area contributed by atoms with Crippen LogP contribution in [0.5, 0.6) is 0 Å². The molecule has 1 rings (SSSR count). The third kappa shape index (κ3) is 4.09. The molecular formula is C11H17NO3S. The number of hydrogen-bond acceptors (Lipinski definition) is 5. The molecule has 0 aromatic carbocycles. The van der Waals surface area contributed by atoms with E-state index in [-0.39, 0.29) is 6.61 Å². The summed E-state index contributed by atoms with van der Waals surface area (Å²) in [5.41, 5.74) is 0.662. The second kappa shape index (κ2) is 6.85. The lowest BCUT2D eigenvalue weighted by Gasteiger charge is -2.09. The average Bonchev–Trinajstić information content (AvgIpc) is 2.35. The first-order valence-electron chi connectivity index (χ1n) is 5.23. The van der Waals surface area contributed by atoms with Gasteiger partial charge in [0.1, 0.15) is 0 Å². The minimum Gasteiger partial charge on any atom is -0.394 e. The van der Waals surface area contributed by atoms with Gasteiger partial charge in [0, 0.05) is 16.8 Å². The molecule has 90 valence electrons. The summed E-state index contributed by atoms with van der Waals surface area (Å²) >= 11 is 1.43. The van der Waals surface area contributed by atoms with E-state index in [0.717, 1.165) is 4.90 Å². The van der Waals surface area contributed by atoms with Gasteiger partial charge in [-0.3, -0.25) is 4.98 Å². The maximum atomic E-state index is 9.53. The smallest absolute Gasteiger partial charge is 0.0957 e. The third-order valence-corrected chi connectivity index (χ3v) is 3.27. The minimum absolute atomic E-state index is 0.229. The fourth-order valence-corrected chi connectivity index (χ4v) is 1.91. The Bertz CT molecular complexity index is 305. The van der Waals surface area contributed by atoms with Crippen LogP contribution in [0.25, 0.3) is 0 Å². The SMILES string of the molecule is CCC(O)c1ccc(SCC(O)CO)cn1. The Balaban J connectivity index is 2.51. The Morgan fingerprint density at radius 3 is 2.62 bits per heavy atom. The molecule has 4 nitrogen and oxygen atoms in total. The Morgan fingerprint density at radius 1 is 1.38 bits per heavy atom. The number of nitrogens with zero attached hydrogens (tertiary/aromatic N) is 1. The van der Waals surface area contributed by atoms with Crippen molar-refractivity contribution in [2.45, 2.75) is 30.4 Å². The molecule has 2 atom stereocenters. The molecule has 16 heavy (non-hydrogen) atoms. The summed E-state index contributed by atoms with van der Waals surface area (Å²) in [5, 5.41) is 27.4. The number of aliphatic hydroxyl groups is 3. The summed E-state index contributed by atoms with van der Waals surface area (Å²) in [4.78, 5) is 5.05. The van der Waals surface area contributed by atoms with E-state index in [1.54, 1.807) is 12.3 Å². The van der Waals surface area contributed by atoms with E-state index < -0.39 is 12.2 Å². The monoisotopic (exact) mass is 243 g/mol. The summed E-state index contributed by atoms with van der Waals surface area (Å²) in [7, 11) is 0. The number of aromatic nitrogens is 1. The zero-order valence-electron chi connectivity index (χ0n) is 9.21. The number of hydrogen-bond donors (Lipinski definition) is 3. The van der Waals surface area contributed by atoms with Crippen LogP contribution < -0.4 is 0 Å². The Kier molecular flexibility index (Phi) is 5.76. The van der Waals surface area contributed by atoms with Crippen molar-refractivity contribution < 1.29 is 15.3 Å². The Labute approximate surface area is 99.3 Å². The van der Waals surface area contributed by atoms with Crippen LogP contribution in [0.1, 0.15) is 25.1 Å². The summed E-state index contributed by atoms with van der Waals surface area (Å²) in [6, 6.07) is 3.64. The highest BCUT2D eigenvalue weighted by molar-refractivity contribution is 7.99. The fourth-order valence-electron chi connectivity index (χ4n) is 1.13. The van der Waals surface area contributed by atoms with Gasteiger partial charge in [-0.1, -0.05) is 6.92 Å². The first kappa shape index (κ1) is 13.4. The van der Waals surface area contributed by atoms with Gasteiger partial charge in [-0.25, -0.2) is 0 Å². The number of aliphatic hydroxyl groups excluding tert-OH is 3. The standard InChI is InChI=1S/C11H17NO3S/c1-2-11(15)10-4-3-9(5-12-10)16-7-8(14)6-13/h3-5,8,11,13-15H,2,6-7H2,1H3. The molecule has 0 aliphatic carbocycles. The van der Waals surface area contributed by atoms with Crippen LogP contribution in [0.2, 0.25) is 0 Å². The van der Waals surface area contributed by atoms with Crippen molar-refractivity contribution in [2.24, 2.45) is 0 Å². The maximum absolute atomic E-state index is 9.53. The predicted octanol–water partition coefficient (Wildman–Crippen LogP) is 0.970. The highest BCUT2D eigenvalue weighted by Gasteiger charge is 2.07. The van der Waals surface area contributed by atoms with Crippen molar-refractivity contribution in [3.05, 3.63) is 24.0 Å². The third-order valence-electron chi connectivity index (χ3n) is 2.14. The van der Waals surface area contributed by atoms with Gasteiger partial charge in [0.25, 0.3) is 0 Å². The molecule has 0 bridgehead atoms. The van der Waals surface area contributed by atoms with Crippen molar-refractivity contribution in [2.75, 3.05) is 12.4 Å². The molecule has 1 aromatic heterocycles. The normalized spacial score (nSPS) is 14.8. The quantitative estimate of drug-likeness (QED) is 0.649. The molecule has 0 aliphatic heterocycles. The Morgan fingerprint density at radius 2 is 2.12 bits per heavy atom. The van der Waals surface area contributed by atoms with Crippen LogP contribution in [-0.4, -0.2) is 38.8 Å². The summed E-state index contributed by atoms with van der Waals surface area (Å²) < 4.78 is 0. The fraction of sp³-hybridized carbons (Fsp3) is 0.545. The molecule has 0 saturated carbocycles. The molecule has 0 fully saturated rings. The topological polar surface area (TPSA) is 73.6 Å². The molecule has 0 saturated heterocycles. The van der Waals surface area contributed by atoms with Gasteiger partial charge in [0.05, 0.1) is 24.5 Å². The first-order valence-corrected chi connectivity index (χ1v) is 6.21. The van der Waals surface area contributed by atoms with Crippen LogP contribution in [0.4, 0.5) is 0 Å². The van der Waals surface area contributed by atoms with E-state index in [1.165, 1.54) is 11.8 Å². The molecular weight excluding hydrogens is 226 g/mol. The van der Waals surface area contributed by atoms with Crippen molar-refractivity contribution >= 4 is 11.8 Å². The summed E-state index contributed by atoms with van der Waals surface area (Å²) in [5.74, 6) is 0.438. The van der Waals surface area contributed by atoms with E-state index in [1.807, 2.05) is 13.0 Å². The maximum Gasteiger partial charge on any atom is 0.0957 e. The van der Waals surface area contributed by atoms with E-state index in [4.69, 9.17) is 10.2 Å². The van der Waals surface area contributed by atoms with Crippen LogP contribution in [0.15, 0.2) is 23.2 Å². The lowest BCUT2D eigenvalue weighted by molar-refractivity contribution is 0.113. The van der Waals surface area contributed by atoms with Crippen molar-refractivity contribution in [3.63, 3.8) is 0 Å². The molecule has 3 N–H and O–H groups in total. The molecule has 1 heterocycles. The predicted molar refractivity (Wildman–Crippen MR) is 63.3 cm³/mol. The highest BCUT2D eigenvalue weighted by atomic mass is 32.2. The number of rotatable bonds is 6. The van der Waals surface area contributed by atoms with Crippen LogP contribution in [0, 0.1) is 0 Å². The highest BCUT2D eigenvalue weighted by Crippen LogP contribution is 2.20. The van der Waals surface area contributed by atoms with Gasteiger partial charge in [-0.2, -0.15) is 0 Å². The van der Waals surface area contributed by atoms with Crippen LogP contribution in [0.3, 0.4) is 0 Å².